The second-order valence-electron chi connectivity index (χ2n) is 8.19. The van der Waals surface area contributed by atoms with Crippen molar-refractivity contribution in [3.05, 3.63) is 106 Å². The Labute approximate surface area is 218 Å². The highest BCUT2D eigenvalue weighted by Crippen LogP contribution is 2.29. The zero-order valence-electron chi connectivity index (χ0n) is 19.6. The monoisotopic (exact) mass is 547 g/mol. The number of nitrogens with one attached hydrogen (secondary N) is 3. The second kappa shape index (κ2) is 11.0. The summed E-state index contributed by atoms with van der Waals surface area (Å²) in [7, 11) is 0. The lowest BCUT2D eigenvalue weighted by atomic mass is 10.1. The second-order valence-corrected chi connectivity index (χ2v) is 8.59. The molecule has 4 aromatic rings. The zero-order valence-corrected chi connectivity index (χ0v) is 20.4. The number of hydrogen-bond donors (Lipinski definition) is 3. The lowest BCUT2D eigenvalue weighted by Gasteiger charge is -2.12. The number of H-pyrrole nitrogens is 1. The van der Waals surface area contributed by atoms with Crippen molar-refractivity contribution in [2.24, 2.45) is 4.99 Å². The molecule has 1 heterocycles. The number of carbonyl (C=O) groups excluding carboxylic acids is 1. The summed E-state index contributed by atoms with van der Waals surface area (Å²) in [6.45, 7) is 1.65. The van der Waals surface area contributed by atoms with E-state index >= 15 is 0 Å². The predicted molar refractivity (Wildman–Crippen MR) is 134 cm³/mol. The van der Waals surface area contributed by atoms with E-state index in [-0.39, 0.29) is 28.9 Å². The third-order valence-electron chi connectivity index (χ3n) is 5.43. The normalized spacial score (nSPS) is 11.9. The highest BCUT2D eigenvalue weighted by atomic mass is 35.5. The molecule has 3 aromatic carbocycles. The van der Waals surface area contributed by atoms with Gasteiger partial charge in [-0.2, -0.15) is 23.3 Å². The summed E-state index contributed by atoms with van der Waals surface area (Å²) in [6, 6.07) is 13.6. The molecule has 1 aromatic heterocycles. The van der Waals surface area contributed by atoms with Crippen molar-refractivity contribution < 1.29 is 26.7 Å². The van der Waals surface area contributed by atoms with Crippen LogP contribution in [0, 0.1) is 18.6 Å². The molecule has 0 aliphatic heterocycles. The van der Waals surface area contributed by atoms with Gasteiger partial charge >= 0.3 is 6.18 Å². The molecular formula is C26H19ClF5N5O. The largest absolute Gasteiger partial charge is 0.416 e. The van der Waals surface area contributed by atoms with E-state index in [2.05, 4.69) is 25.8 Å². The Balaban J connectivity index is 1.59. The Kier molecular flexibility index (Phi) is 7.77. The average molecular weight is 548 g/mol. The molecule has 0 atom stereocenters. The Morgan fingerprint density at radius 2 is 1.76 bits per heavy atom. The first-order valence-electron chi connectivity index (χ1n) is 11.1. The van der Waals surface area contributed by atoms with Crippen LogP contribution in [0.4, 0.5) is 27.8 Å². The minimum absolute atomic E-state index is 0.0232. The Hall–Kier alpha value is -4.25. The fourth-order valence-electron chi connectivity index (χ4n) is 3.34. The van der Waals surface area contributed by atoms with Gasteiger partial charge in [0, 0.05) is 28.8 Å². The fraction of sp³-hybridized carbons (Fsp3) is 0.115. The lowest BCUT2D eigenvalue weighted by molar-refractivity contribution is -0.137. The van der Waals surface area contributed by atoms with Crippen molar-refractivity contribution in [1.29, 1.82) is 0 Å². The van der Waals surface area contributed by atoms with Gasteiger partial charge in [-0.25, -0.2) is 8.78 Å². The van der Waals surface area contributed by atoms with Crippen molar-refractivity contribution in [3.63, 3.8) is 0 Å². The molecule has 0 saturated carbocycles. The van der Waals surface area contributed by atoms with Crippen LogP contribution >= 0.6 is 11.6 Å². The van der Waals surface area contributed by atoms with Crippen LogP contribution in [0.2, 0.25) is 5.02 Å². The maximum absolute atomic E-state index is 14.0. The van der Waals surface area contributed by atoms with Crippen molar-refractivity contribution >= 4 is 29.3 Å². The van der Waals surface area contributed by atoms with Gasteiger partial charge < -0.3 is 10.6 Å². The number of aromatic nitrogens is 2. The molecule has 0 aliphatic rings. The number of aliphatic imine (C=N–C) groups is 1. The van der Waals surface area contributed by atoms with Crippen LogP contribution < -0.4 is 10.6 Å². The number of rotatable bonds is 5. The molecule has 12 heteroatoms. The molecule has 3 N–H and O–H groups in total. The van der Waals surface area contributed by atoms with Gasteiger partial charge in [-0.05, 0) is 60.5 Å². The number of hydrogen-bond acceptors (Lipinski definition) is 2. The molecule has 0 fully saturated rings. The van der Waals surface area contributed by atoms with E-state index in [0.29, 0.717) is 22.4 Å². The molecule has 0 unspecified atom stereocenters. The standard InChI is InChI=1S/C26H19ClF5N5O/c1-14-2-3-16(10-21(14)29)22-12-23(37-36-22)34-25(33-13-17-6-9-19(28)11-20(17)27)35-24(38)15-4-7-18(8-5-15)26(30,31)32/h2-12H,13H2,1H3,(H3,33,34,35,36,37,38). The van der Waals surface area contributed by atoms with Crippen molar-refractivity contribution in [3.8, 4) is 11.3 Å². The summed E-state index contributed by atoms with van der Waals surface area (Å²) in [5.41, 5.74) is 0.883. The van der Waals surface area contributed by atoms with E-state index in [0.717, 1.165) is 30.3 Å². The number of nitrogens with zero attached hydrogens (tertiary/aromatic N) is 2. The van der Waals surface area contributed by atoms with E-state index < -0.39 is 29.3 Å². The molecule has 4 rings (SSSR count). The van der Waals surface area contributed by atoms with E-state index in [4.69, 9.17) is 11.6 Å². The van der Waals surface area contributed by atoms with Crippen molar-refractivity contribution in [2.75, 3.05) is 5.32 Å². The van der Waals surface area contributed by atoms with Crippen LogP contribution in [0.5, 0.6) is 0 Å². The Bertz CT molecular complexity index is 1500. The fourth-order valence-corrected chi connectivity index (χ4v) is 3.57. The van der Waals surface area contributed by atoms with Crippen LogP contribution in [-0.4, -0.2) is 22.1 Å². The van der Waals surface area contributed by atoms with Gasteiger partial charge in [0.15, 0.2) is 0 Å². The van der Waals surface area contributed by atoms with Gasteiger partial charge in [0.25, 0.3) is 5.91 Å². The average Bonchev–Trinajstić information content (AvgIpc) is 3.33. The van der Waals surface area contributed by atoms with E-state index in [1.165, 1.54) is 18.2 Å². The number of aryl methyl sites for hydroxylation is 1. The quantitative estimate of drug-likeness (QED) is 0.147. The van der Waals surface area contributed by atoms with Gasteiger partial charge in [-0.3, -0.25) is 9.89 Å². The van der Waals surface area contributed by atoms with E-state index in [1.54, 1.807) is 25.1 Å². The van der Waals surface area contributed by atoms with Crippen LogP contribution in [0.1, 0.15) is 27.0 Å². The van der Waals surface area contributed by atoms with Crippen molar-refractivity contribution in [1.82, 2.24) is 15.5 Å². The number of alkyl halides is 3. The van der Waals surface area contributed by atoms with Crippen LogP contribution in [0.25, 0.3) is 11.3 Å². The molecule has 1 amide bonds. The lowest BCUT2D eigenvalue weighted by Crippen LogP contribution is -2.31. The number of aromatic amines is 1. The number of benzene rings is 3. The number of carbonyl (C=O) groups is 1. The number of halogens is 6. The molecule has 0 spiro atoms. The SMILES string of the molecule is Cc1ccc(-c2cc(N/C(=N\C(=O)c3ccc(C(F)(F)F)cc3)NCc3ccc(F)cc3Cl)[nH]n2)cc1F. The minimum Gasteiger partial charge on any atom is -0.352 e. The molecule has 38 heavy (non-hydrogen) atoms. The molecule has 196 valence electrons. The third-order valence-corrected chi connectivity index (χ3v) is 5.78. The number of guanidine groups is 1. The molecule has 0 bridgehead atoms. The highest BCUT2D eigenvalue weighted by Gasteiger charge is 2.30. The maximum atomic E-state index is 14.0. The van der Waals surface area contributed by atoms with Gasteiger partial charge in [-0.15, -0.1) is 0 Å². The maximum Gasteiger partial charge on any atom is 0.416 e. The number of anilines is 1. The van der Waals surface area contributed by atoms with Gasteiger partial charge in [0.05, 0.1) is 11.3 Å². The van der Waals surface area contributed by atoms with E-state index in [9.17, 15) is 26.7 Å². The predicted octanol–water partition coefficient (Wildman–Crippen LogP) is 6.73. The molecule has 0 radical (unpaired) electrons. The number of amides is 1. The van der Waals surface area contributed by atoms with Gasteiger partial charge in [0.1, 0.15) is 17.5 Å². The zero-order chi connectivity index (χ0) is 27.4. The molecular weight excluding hydrogens is 529 g/mol. The Morgan fingerprint density at radius 1 is 1.03 bits per heavy atom. The van der Waals surface area contributed by atoms with Gasteiger partial charge in [-0.1, -0.05) is 29.8 Å². The summed E-state index contributed by atoms with van der Waals surface area (Å²) in [5.74, 6) is -1.58. The molecule has 0 aliphatic carbocycles. The molecule has 6 nitrogen and oxygen atoms in total. The topological polar surface area (TPSA) is 82.2 Å². The van der Waals surface area contributed by atoms with Crippen LogP contribution in [0.15, 0.2) is 71.7 Å². The summed E-state index contributed by atoms with van der Waals surface area (Å²) in [5, 5.41) is 12.7. The summed E-state index contributed by atoms with van der Waals surface area (Å²) >= 11 is 6.08. The summed E-state index contributed by atoms with van der Waals surface area (Å²) in [6.07, 6.45) is -4.55. The summed E-state index contributed by atoms with van der Waals surface area (Å²) in [4.78, 5) is 16.7. The third kappa shape index (κ3) is 6.54. The van der Waals surface area contributed by atoms with Crippen molar-refractivity contribution in [2.45, 2.75) is 19.6 Å². The highest BCUT2D eigenvalue weighted by molar-refractivity contribution is 6.31. The van der Waals surface area contributed by atoms with E-state index in [1.807, 2.05) is 0 Å². The van der Waals surface area contributed by atoms with Crippen LogP contribution in [-0.2, 0) is 12.7 Å². The van der Waals surface area contributed by atoms with Crippen LogP contribution in [0.3, 0.4) is 0 Å². The minimum atomic E-state index is -4.55. The first-order valence-corrected chi connectivity index (χ1v) is 11.4. The first kappa shape index (κ1) is 26.8. The molecule has 0 saturated heterocycles. The first-order chi connectivity index (χ1) is 18.0. The van der Waals surface area contributed by atoms with Gasteiger partial charge in [0.2, 0.25) is 5.96 Å². The smallest absolute Gasteiger partial charge is 0.352 e. The summed E-state index contributed by atoms with van der Waals surface area (Å²) < 4.78 is 66.0. The Morgan fingerprint density at radius 3 is 2.42 bits per heavy atom.